The Morgan fingerprint density at radius 3 is 2.92 bits per heavy atom. The lowest BCUT2D eigenvalue weighted by atomic mass is 9.85. The molecule has 2 aromatic rings. The van der Waals surface area contributed by atoms with Crippen LogP contribution in [0.2, 0.25) is 0 Å². The van der Waals surface area contributed by atoms with Gasteiger partial charge in [-0.1, -0.05) is 6.42 Å². The van der Waals surface area contributed by atoms with Gasteiger partial charge in [0.2, 0.25) is 0 Å². The normalized spacial score (nSPS) is 21.2. The summed E-state index contributed by atoms with van der Waals surface area (Å²) in [5.41, 5.74) is 0. The number of hydrogen-bond donors (Lipinski definition) is 0. The van der Waals surface area contributed by atoms with E-state index >= 15 is 0 Å². The fraction of sp³-hybridized carbons (Fsp3) is 0.579. The summed E-state index contributed by atoms with van der Waals surface area (Å²) < 4.78 is 12.8. The summed E-state index contributed by atoms with van der Waals surface area (Å²) in [5, 5.41) is 0. The highest BCUT2D eigenvalue weighted by atomic mass is 16.6. The summed E-state index contributed by atoms with van der Waals surface area (Å²) in [6.07, 6.45) is 10.1. The first kappa shape index (κ1) is 16.2. The number of hydrogen-bond acceptors (Lipinski definition) is 4. The average Bonchev–Trinajstić information content (AvgIpc) is 3.26. The molecule has 1 atom stereocenters. The second-order valence-corrected chi connectivity index (χ2v) is 7.15. The number of furan rings is 1. The van der Waals surface area contributed by atoms with E-state index in [2.05, 4.69) is 15.7 Å². The van der Waals surface area contributed by atoms with Crippen LogP contribution >= 0.6 is 0 Å². The number of piperidine rings is 1. The first-order valence-electron chi connectivity index (χ1n) is 9.18. The lowest BCUT2D eigenvalue weighted by molar-refractivity contribution is 0.0664. The number of aromatic nitrogens is 2. The van der Waals surface area contributed by atoms with Crippen molar-refractivity contribution < 1.29 is 13.9 Å². The van der Waals surface area contributed by atoms with Gasteiger partial charge in [-0.25, -0.2) is 4.98 Å². The Morgan fingerprint density at radius 2 is 2.20 bits per heavy atom. The van der Waals surface area contributed by atoms with Crippen molar-refractivity contribution in [3.05, 3.63) is 36.1 Å². The minimum atomic E-state index is -0.0647. The maximum absolute atomic E-state index is 12.7. The molecule has 1 unspecified atom stereocenters. The van der Waals surface area contributed by atoms with Crippen LogP contribution in [0.1, 0.15) is 54.4 Å². The van der Waals surface area contributed by atoms with E-state index in [0.29, 0.717) is 24.2 Å². The maximum atomic E-state index is 12.7. The third kappa shape index (κ3) is 3.30. The van der Waals surface area contributed by atoms with E-state index in [0.717, 1.165) is 37.7 Å². The van der Waals surface area contributed by atoms with Crippen LogP contribution in [0, 0.1) is 5.92 Å². The molecule has 0 bridgehead atoms. The zero-order valence-electron chi connectivity index (χ0n) is 14.7. The molecule has 1 aliphatic heterocycles. The van der Waals surface area contributed by atoms with E-state index in [1.54, 1.807) is 12.1 Å². The molecule has 1 amide bonds. The second-order valence-electron chi connectivity index (χ2n) is 7.15. The van der Waals surface area contributed by atoms with E-state index in [9.17, 15) is 4.79 Å². The minimum Gasteiger partial charge on any atom is -0.468 e. The van der Waals surface area contributed by atoms with Crippen molar-refractivity contribution in [2.75, 3.05) is 20.2 Å². The van der Waals surface area contributed by atoms with Crippen molar-refractivity contribution >= 4 is 5.91 Å². The molecule has 6 nitrogen and oxygen atoms in total. The first-order chi connectivity index (χ1) is 12.2. The van der Waals surface area contributed by atoms with Crippen LogP contribution < -0.4 is 4.74 Å². The fourth-order valence-corrected chi connectivity index (χ4v) is 3.86. The summed E-state index contributed by atoms with van der Waals surface area (Å²) in [6.45, 7) is 2.53. The Morgan fingerprint density at radius 1 is 1.32 bits per heavy atom. The third-order valence-electron chi connectivity index (χ3n) is 5.49. The molecule has 0 radical (unpaired) electrons. The number of rotatable bonds is 5. The molecule has 0 N–H and O–H groups in total. The molecule has 2 fully saturated rings. The van der Waals surface area contributed by atoms with Crippen molar-refractivity contribution in [2.24, 2.45) is 5.92 Å². The van der Waals surface area contributed by atoms with Gasteiger partial charge in [0, 0.05) is 44.0 Å². The molecule has 0 spiro atoms. The molecule has 3 heterocycles. The zero-order valence-corrected chi connectivity index (χ0v) is 14.7. The maximum Gasteiger partial charge on any atom is 0.289 e. The molecule has 2 aromatic heterocycles. The number of carbonyl (C=O) groups is 1. The first-order valence-corrected chi connectivity index (χ1v) is 9.18. The van der Waals surface area contributed by atoms with Crippen molar-refractivity contribution in [1.29, 1.82) is 0 Å². The van der Waals surface area contributed by atoms with Gasteiger partial charge in [-0.15, -0.1) is 0 Å². The van der Waals surface area contributed by atoms with Crippen LogP contribution in [0.5, 0.6) is 5.95 Å². The quantitative estimate of drug-likeness (QED) is 0.836. The number of ether oxygens (including phenoxy) is 1. The fourth-order valence-electron chi connectivity index (χ4n) is 3.86. The molecule has 25 heavy (non-hydrogen) atoms. The van der Waals surface area contributed by atoms with E-state index in [4.69, 9.17) is 9.15 Å². The standard InChI is InChI=1S/C19H25N3O3/c1-24-17-8-7-16(25-17)19(23)22-10-3-6-15(13-22)18-20-9-11-21(18)12-14-4-2-5-14/h7-9,11,14-15H,2-6,10,12-13H2,1H3. The molecule has 1 saturated heterocycles. The summed E-state index contributed by atoms with van der Waals surface area (Å²) in [5.74, 6) is 2.87. The van der Waals surface area contributed by atoms with Gasteiger partial charge in [-0.05, 0) is 37.7 Å². The molecule has 4 rings (SSSR count). The summed E-state index contributed by atoms with van der Waals surface area (Å²) >= 11 is 0. The van der Waals surface area contributed by atoms with Crippen LogP contribution in [0.15, 0.2) is 28.9 Å². The van der Waals surface area contributed by atoms with Gasteiger partial charge in [-0.2, -0.15) is 0 Å². The van der Waals surface area contributed by atoms with Crippen molar-refractivity contribution in [3.8, 4) is 5.95 Å². The van der Waals surface area contributed by atoms with Crippen LogP contribution in [-0.4, -0.2) is 40.6 Å². The monoisotopic (exact) mass is 343 g/mol. The smallest absolute Gasteiger partial charge is 0.289 e. The molecule has 2 aliphatic rings. The van der Waals surface area contributed by atoms with E-state index in [1.807, 2.05) is 11.1 Å². The van der Waals surface area contributed by atoms with Crippen LogP contribution in [-0.2, 0) is 6.54 Å². The number of likely N-dealkylation sites (tertiary alicyclic amines) is 1. The van der Waals surface area contributed by atoms with Crippen molar-refractivity contribution in [3.63, 3.8) is 0 Å². The highest BCUT2D eigenvalue weighted by molar-refractivity contribution is 5.91. The second kappa shape index (κ2) is 6.94. The number of amides is 1. The lowest BCUT2D eigenvalue weighted by Gasteiger charge is -2.33. The summed E-state index contributed by atoms with van der Waals surface area (Å²) in [4.78, 5) is 19.2. The molecule has 1 saturated carbocycles. The van der Waals surface area contributed by atoms with Gasteiger partial charge in [0.15, 0.2) is 5.76 Å². The number of methoxy groups -OCH3 is 1. The van der Waals surface area contributed by atoms with E-state index in [-0.39, 0.29) is 5.91 Å². The van der Waals surface area contributed by atoms with Gasteiger partial charge < -0.3 is 18.6 Å². The van der Waals surface area contributed by atoms with Crippen molar-refractivity contribution in [2.45, 2.75) is 44.6 Å². The Balaban J connectivity index is 1.45. The van der Waals surface area contributed by atoms with Gasteiger partial charge in [0.25, 0.3) is 11.9 Å². The summed E-state index contributed by atoms with van der Waals surface area (Å²) in [6, 6.07) is 3.36. The zero-order chi connectivity index (χ0) is 17.2. The molecule has 0 aromatic carbocycles. The van der Waals surface area contributed by atoms with Gasteiger partial charge in [0.05, 0.1) is 7.11 Å². The molecule has 134 valence electrons. The van der Waals surface area contributed by atoms with Crippen LogP contribution in [0.4, 0.5) is 0 Å². The van der Waals surface area contributed by atoms with E-state index in [1.165, 1.54) is 26.4 Å². The average molecular weight is 343 g/mol. The van der Waals surface area contributed by atoms with Crippen LogP contribution in [0.3, 0.4) is 0 Å². The summed E-state index contributed by atoms with van der Waals surface area (Å²) in [7, 11) is 1.53. The Kier molecular flexibility index (Phi) is 4.51. The number of nitrogens with zero attached hydrogens (tertiary/aromatic N) is 3. The topological polar surface area (TPSA) is 60.5 Å². The number of carbonyl (C=O) groups excluding carboxylic acids is 1. The molecular weight excluding hydrogens is 318 g/mol. The van der Waals surface area contributed by atoms with Crippen molar-refractivity contribution in [1.82, 2.24) is 14.5 Å². The molecule has 1 aliphatic carbocycles. The number of imidazole rings is 1. The Hall–Kier alpha value is -2.24. The van der Waals surface area contributed by atoms with Gasteiger partial charge in [0.1, 0.15) is 5.82 Å². The highest BCUT2D eigenvalue weighted by Crippen LogP contribution is 2.31. The third-order valence-corrected chi connectivity index (χ3v) is 5.49. The van der Waals surface area contributed by atoms with E-state index < -0.39 is 0 Å². The van der Waals surface area contributed by atoms with Gasteiger partial charge in [-0.3, -0.25) is 4.79 Å². The molecular formula is C19H25N3O3. The largest absolute Gasteiger partial charge is 0.468 e. The Labute approximate surface area is 147 Å². The highest BCUT2D eigenvalue weighted by Gasteiger charge is 2.30. The predicted octanol–water partition coefficient (Wildman–Crippen LogP) is 3.30. The van der Waals surface area contributed by atoms with Gasteiger partial charge >= 0.3 is 0 Å². The lowest BCUT2D eigenvalue weighted by Crippen LogP contribution is -2.39. The minimum absolute atomic E-state index is 0.0647. The predicted molar refractivity (Wildman–Crippen MR) is 92.7 cm³/mol. The molecule has 6 heteroatoms. The van der Waals surface area contributed by atoms with Crippen LogP contribution in [0.25, 0.3) is 0 Å². The Bertz CT molecular complexity index is 732. The SMILES string of the molecule is COc1ccc(C(=O)N2CCCC(c3nccn3CC3CCC3)C2)o1.